The molecule has 3 aliphatic rings. The van der Waals surface area contributed by atoms with E-state index in [1.54, 1.807) is 0 Å². The lowest BCUT2D eigenvalue weighted by Crippen LogP contribution is -2.53. The number of nitrogens with zero attached hydrogens (tertiary/aromatic N) is 3. The number of piperidine rings is 1. The van der Waals surface area contributed by atoms with Gasteiger partial charge in [0.1, 0.15) is 6.10 Å². The number of rotatable bonds is 6. The second-order valence-corrected chi connectivity index (χ2v) is 8.90. The number of hydrogen-bond donors (Lipinski definition) is 2. The third-order valence-electron chi connectivity index (χ3n) is 6.51. The van der Waals surface area contributed by atoms with E-state index in [0.717, 1.165) is 84.1 Å². The molecule has 3 heterocycles. The maximum absolute atomic E-state index is 9.67. The van der Waals surface area contributed by atoms with Crippen molar-refractivity contribution < 1.29 is 14.6 Å². The van der Waals surface area contributed by atoms with Crippen LogP contribution in [-0.2, 0) is 22.6 Å². The molecule has 172 valence electrons. The van der Waals surface area contributed by atoms with E-state index in [-0.39, 0.29) is 18.3 Å². The first-order valence-corrected chi connectivity index (χ1v) is 12.0. The summed E-state index contributed by atoms with van der Waals surface area (Å²) in [6.45, 7) is 9.81. The summed E-state index contributed by atoms with van der Waals surface area (Å²) in [5.74, 6) is 0.963. The zero-order valence-electron chi connectivity index (χ0n) is 18.8. The number of ether oxygens (including phenoxy) is 2. The Hall–Kier alpha value is -1.67. The van der Waals surface area contributed by atoms with Crippen LogP contribution in [0.2, 0.25) is 0 Å². The SMILES string of the molecule is CCNC(=NCc1ccc(CN2CCC(O)CC2)cc1)N1CCOC(C2CCCO2)C1. The molecule has 0 amide bonds. The molecule has 7 heteroatoms. The van der Waals surface area contributed by atoms with Crippen molar-refractivity contribution in [3.05, 3.63) is 35.4 Å². The van der Waals surface area contributed by atoms with E-state index in [9.17, 15) is 5.11 Å². The third-order valence-corrected chi connectivity index (χ3v) is 6.51. The molecule has 0 bridgehead atoms. The van der Waals surface area contributed by atoms with Crippen molar-refractivity contribution in [3.63, 3.8) is 0 Å². The van der Waals surface area contributed by atoms with Crippen LogP contribution < -0.4 is 5.32 Å². The predicted molar refractivity (Wildman–Crippen MR) is 122 cm³/mol. The average Bonchev–Trinajstić information content (AvgIpc) is 3.34. The fraction of sp³-hybridized carbons (Fsp3) is 0.708. The number of morpholine rings is 1. The predicted octanol–water partition coefficient (Wildman–Crippen LogP) is 1.99. The van der Waals surface area contributed by atoms with Crippen LogP contribution in [0.25, 0.3) is 0 Å². The molecule has 7 nitrogen and oxygen atoms in total. The number of hydrogen-bond acceptors (Lipinski definition) is 5. The number of aliphatic imine (C=N–C) groups is 1. The van der Waals surface area contributed by atoms with Crippen molar-refractivity contribution in [2.24, 2.45) is 4.99 Å². The number of nitrogens with one attached hydrogen (secondary N) is 1. The van der Waals surface area contributed by atoms with E-state index in [0.29, 0.717) is 6.54 Å². The molecule has 0 spiro atoms. The van der Waals surface area contributed by atoms with Crippen LogP contribution in [0.1, 0.15) is 43.7 Å². The van der Waals surface area contributed by atoms with Gasteiger partial charge in [-0.05, 0) is 43.7 Å². The van der Waals surface area contributed by atoms with Gasteiger partial charge in [0.25, 0.3) is 0 Å². The summed E-state index contributed by atoms with van der Waals surface area (Å²) < 4.78 is 11.9. The molecule has 3 fully saturated rings. The van der Waals surface area contributed by atoms with Gasteiger partial charge in [-0.1, -0.05) is 24.3 Å². The second kappa shape index (κ2) is 11.3. The van der Waals surface area contributed by atoms with Crippen LogP contribution in [0.4, 0.5) is 0 Å². The number of guanidine groups is 1. The largest absolute Gasteiger partial charge is 0.393 e. The fourth-order valence-electron chi connectivity index (χ4n) is 4.67. The zero-order valence-corrected chi connectivity index (χ0v) is 18.8. The highest BCUT2D eigenvalue weighted by Crippen LogP contribution is 2.21. The van der Waals surface area contributed by atoms with Crippen LogP contribution in [0, 0.1) is 0 Å². The van der Waals surface area contributed by atoms with Crippen LogP contribution in [0.3, 0.4) is 0 Å². The maximum atomic E-state index is 9.67. The van der Waals surface area contributed by atoms with Crippen LogP contribution in [0.5, 0.6) is 0 Å². The minimum atomic E-state index is -0.116. The van der Waals surface area contributed by atoms with Gasteiger partial charge in [-0.25, -0.2) is 4.99 Å². The van der Waals surface area contributed by atoms with Crippen molar-refractivity contribution in [1.82, 2.24) is 15.1 Å². The molecule has 0 aromatic heterocycles. The van der Waals surface area contributed by atoms with Gasteiger partial charge in [-0.15, -0.1) is 0 Å². The average molecular weight is 431 g/mol. The topological polar surface area (TPSA) is 69.6 Å². The molecule has 1 aromatic carbocycles. The lowest BCUT2D eigenvalue weighted by molar-refractivity contribution is -0.0817. The van der Waals surface area contributed by atoms with E-state index in [1.165, 1.54) is 11.1 Å². The van der Waals surface area contributed by atoms with Crippen LogP contribution >= 0.6 is 0 Å². The highest BCUT2D eigenvalue weighted by molar-refractivity contribution is 5.80. The summed E-state index contributed by atoms with van der Waals surface area (Å²) in [7, 11) is 0. The first-order chi connectivity index (χ1) is 15.2. The Morgan fingerprint density at radius 2 is 1.77 bits per heavy atom. The molecule has 0 aliphatic carbocycles. The Bertz CT molecular complexity index is 697. The summed E-state index contributed by atoms with van der Waals surface area (Å²) >= 11 is 0. The molecule has 2 N–H and O–H groups in total. The molecule has 2 unspecified atom stereocenters. The standard InChI is InChI=1S/C24H38N4O3/c1-2-25-24(28-13-15-31-23(18-28)22-4-3-14-30-22)26-16-19-5-7-20(8-6-19)17-27-11-9-21(29)10-12-27/h5-8,21-23,29H,2-4,9-18H2,1H3,(H,25,26). The quantitative estimate of drug-likeness (QED) is 0.531. The number of benzene rings is 1. The van der Waals surface area contributed by atoms with Gasteiger partial charge < -0.3 is 24.8 Å². The molecule has 2 atom stereocenters. The minimum Gasteiger partial charge on any atom is -0.393 e. The van der Waals surface area contributed by atoms with E-state index >= 15 is 0 Å². The van der Waals surface area contributed by atoms with E-state index in [2.05, 4.69) is 46.3 Å². The number of aliphatic hydroxyl groups excluding tert-OH is 1. The van der Waals surface area contributed by atoms with Crippen LogP contribution in [0.15, 0.2) is 29.3 Å². The lowest BCUT2D eigenvalue weighted by Gasteiger charge is -2.37. The van der Waals surface area contributed by atoms with Gasteiger partial charge in [-0.3, -0.25) is 4.90 Å². The number of aliphatic hydroxyl groups is 1. The molecule has 0 radical (unpaired) electrons. The Kier molecular flexibility index (Phi) is 8.19. The van der Waals surface area contributed by atoms with Crippen molar-refractivity contribution in [1.29, 1.82) is 0 Å². The van der Waals surface area contributed by atoms with Gasteiger partial charge in [0.15, 0.2) is 5.96 Å². The summed E-state index contributed by atoms with van der Waals surface area (Å²) in [6, 6.07) is 8.81. The Morgan fingerprint density at radius 3 is 2.48 bits per heavy atom. The zero-order chi connectivity index (χ0) is 21.5. The lowest BCUT2D eigenvalue weighted by atomic mass is 10.1. The summed E-state index contributed by atoms with van der Waals surface area (Å²) in [6.07, 6.45) is 4.24. The fourth-order valence-corrected chi connectivity index (χ4v) is 4.67. The van der Waals surface area contributed by atoms with Crippen molar-refractivity contribution in [3.8, 4) is 0 Å². The Labute approximate surface area is 186 Å². The highest BCUT2D eigenvalue weighted by atomic mass is 16.5. The third kappa shape index (κ3) is 6.42. The molecule has 4 rings (SSSR count). The second-order valence-electron chi connectivity index (χ2n) is 8.90. The summed E-state index contributed by atoms with van der Waals surface area (Å²) in [4.78, 5) is 9.66. The Balaban J connectivity index is 1.32. The summed E-state index contributed by atoms with van der Waals surface area (Å²) in [5, 5.41) is 13.1. The smallest absolute Gasteiger partial charge is 0.194 e. The maximum Gasteiger partial charge on any atom is 0.194 e. The normalized spacial score (nSPS) is 26.4. The van der Waals surface area contributed by atoms with Crippen molar-refractivity contribution in [2.75, 3.05) is 45.9 Å². The van der Waals surface area contributed by atoms with Gasteiger partial charge in [0, 0.05) is 45.9 Å². The molecular weight excluding hydrogens is 392 g/mol. The molecule has 1 aromatic rings. The van der Waals surface area contributed by atoms with Gasteiger partial charge in [0.05, 0.1) is 25.4 Å². The summed E-state index contributed by atoms with van der Waals surface area (Å²) in [5.41, 5.74) is 2.54. The van der Waals surface area contributed by atoms with E-state index in [4.69, 9.17) is 14.5 Å². The first kappa shape index (κ1) is 22.5. The first-order valence-electron chi connectivity index (χ1n) is 12.0. The van der Waals surface area contributed by atoms with E-state index in [1.807, 2.05) is 0 Å². The molecule has 3 saturated heterocycles. The minimum absolute atomic E-state index is 0.116. The van der Waals surface area contributed by atoms with Gasteiger partial charge in [-0.2, -0.15) is 0 Å². The van der Waals surface area contributed by atoms with Gasteiger partial charge in [0.2, 0.25) is 0 Å². The van der Waals surface area contributed by atoms with Crippen LogP contribution in [-0.4, -0.2) is 85.1 Å². The number of likely N-dealkylation sites (tertiary alicyclic amines) is 1. The molecular formula is C24H38N4O3. The highest BCUT2D eigenvalue weighted by Gasteiger charge is 2.32. The van der Waals surface area contributed by atoms with E-state index < -0.39 is 0 Å². The van der Waals surface area contributed by atoms with Crippen molar-refractivity contribution in [2.45, 2.75) is 64.0 Å². The molecule has 0 saturated carbocycles. The van der Waals surface area contributed by atoms with Gasteiger partial charge >= 0.3 is 0 Å². The molecule has 31 heavy (non-hydrogen) atoms. The Morgan fingerprint density at radius 1 is 1.03 bits per heavy atom. The van der Waals surface area contributed by atoms with Crippen molar-refractivity contribution >= 4 is 5.96 Å². The molecule has 3 aliphatic heterocycles. The monoisotopic (exact) mass is 430 g/mol.